The van der Waals surface area contributed by atoms with E-state index in [4.69, 9.17) is 9.47 Å². The highest BCUT2D eigenvalue weighted by molar-refractivity contribution is 6.20. The van der Waals surface area contributed by atoms with Gasteiger partial charge in [0, 0.05) is 0 Å². The van der Waals surface area contributed by atoms with Crippen molar-refractivity contribution >= 4 is 10.2 Å². The number of hydrogen-bond donors (Lipinski definition) is 0. The van der Waals surface area contributed by atoms with Crippen LogP contribution in [0.3, 0.4) is 0 Å². The van der Waals surface area contributed by atoms with Gasteiger partial charge in [0.05, 0.1) is 23.5 Å². The highest BCUT2D eigenvalue weighted by atomic mass is 28.1. The summed E-state index contributed by atoms with van der Waals surface area (Å²) in [5, 5.41) is 1.02. The Hall–Kier alpha value is -0.443. The Morgan fingerprint density at radius 3 is 2.10 bits per heavy atom. The van der Waals surface area contributed by atoms with E-state index in [1.54, 1.807) is 0 Å². The molecule has 0 rings (SSSR count). The first-order chi connectivity index (χ1) is 4.72. The van der Waals surface area contributed by atoms with Gasteiger partial charge in [-0.25, -0.2) is 0 Å². The average Bonchev–Trinajstić information content (AvgIpc) is 1.89. The molecular formula is C7H16O2Si. The summed E-state index contributed by atoms with van der Waals surface area (Å²) >= 11 is 0. The summed E-state index contributed by atoms with van der Waals surface area (Å²) in [6.07, 6.45) is 0. The van der Waals surface area contributed by atoms with Crippen molar-refractivity contribution in [3.63, 3.8) is 0 Å². The van der Waals surface area contributed by atoms with Gasteiger partial charge in [0.2, 0.25) is 0 Å². The summed E-state index contributed by atoms with van der Waals surface area (Å²) in [5.74, 6) is 0.941. The van der Waals surface area contributed by atoms with E-state index in [9.17, 15) is 0 Å². The molecule has 0 saturated heterocycles. The summed E-state index contributed by atoms with van der Waals surface area (Å²) in [6, 6.07) is 0. The van der Waals surface area contributed by atoms with Gasteiger partial charge in [-0.3, -0.25) is 0 Å². The lowest BCUT2D eigenvalue weighted by molar-refractivity contribution is 0.184. The van der Waals surface area contributed by atoms with Crippen molar-refractivity contribution in [1.29, 1.82) is 0 Å². The molecule has 0 aromatic rings. The fourth-order valence-corrected chi connectivity index (χ4v) is 1.07. The molecule has 0 aromatic carbocycles. The molecule has 60 valence electrons. The highest BCUT2D eigenvalue weighted by Crippen LogP contribution is 2.02. The van der Waals surface area contributed by atoms with Crippen LogP contribution < -0.4 is 0 Å². The van der Waals surface area contributed by atoms with E-state index in [-0.39, 0.29) is 0 Å². The molecule has 0 unspecified atom stereocenters. The van der Waals surface area contributed by atoms with E-state index in [2.05, 4.69) is 0 Å². The third kappa shape index (κ3) is 3.56. The van der Waals surface area contributed by atoms with Gasteiger partial charge in [-0.15, -0.1) is 0 Å². The number of allylic oxidation sites excluding steroid dienone is 1. The van der Waals surface area contributed by atoms with Gasteiger partial charge in [-0.2, -0.15) is 0 Å². The molecule has 0 radical (unpaired) electrons. The summed E-state index contributed by atoms with van der Waals surface area (Å²) in [7, 11) is 0.929. The maximum Gasteiger partial charge on any atom is 0.124 e. The zero-order valence-corrected chi connectivity index (χ0v) is 9.23. The maximum atomic E-state index is 5.27. The van der Waals surface area contributed by atoms with Crippen molar-refractivity contribution in [3.8, 4) is 0 Å². The lowest BCUT2D eigenvalue weighted by atomic mass is 10.6. The summed E-state index contributed by atoms with van der Waals surface area (Å²) < 4.78 is 10.5. The van der Waals surface area contributed by atoms with Crippen molar-refractivity contribution in [2.45, 2.75) is 20.8 Å². The van der Waals surface area contributed by atoms with Crippen LogP contribution in [0, 0.1) is 0 Å². The number of hydrogen-bond acceptors (Lipinski definition) is 2. The normalized spacial score (nSPS) is 12.7. The quantitative estimate of drug-likeness (QED) is 0.443. The Balaban J connectivity index is 3.79. The molecule has 10 heavy (non-hydrogen) atoms. The molecule has 0 bridgehead atoms. The molecule has 0 saturated carbocycles. The second-order valence-electron chi connectivity index (χ2n) is 1.98. The molecule has 0 spiro atoms. The highest BCUT2D eigenvalue weighted by Gasteiger charge is 1.94. The minimum Gasteiger partial charge on any atom is -0.501 e. The predicted molar refractivity (Wildman–Crippen MR) is 45.9 cm³/mol. The topological polar surface area (TPSA) is 18.5 Å². The van der Waals surface area contributed by atoms with Gasteiger partial charge in [0.1, 0.15) is 11.1 Å². The monoisotopic (exact) mass is 160 g/mol. The summed E-state index contributed by atoms with van der Waals surface area (Å²) in [6.45, 7) is 7.37. The SMILES string of the molecule is CCOC(C)=C([SiH3])OCC. The van der Waals surface area contributed by atoms with Crippen molar-refractivity contribution in [2.24, 2.45) is 0 Å². The Labute approximate surface area is 65.6 Å². The van der Waals surface area contributed by atoms with E-state index in [0.717, 1.165) is 34.6 Å². The average molecular weight is 160 g/mol. The maximum absolute atomic E-state index is 5.27. The van der Waals surface area contributed by atoms with Crippen LogP contribution in [-0.4, -0.2) is 23.5 Å². The van der Waals surface area contributed by atoms with Crippen LogP contribution >= 0.6 is 0 Å². The molecule has 0 atom stereocenters. The third-order valence-corrected chi connectivity index (χ3v) is 2.21. The molecule has 0 heterocycles. The Morgan fingerprint density at radius 2 is 1.70 bits per heavy atom. The molecule has 3 heteroatoms. The van der Waals surface area contributed by atoms with Gasteiger partial charge in [0.25, 0.3) is 0 Å². The third-order valence-electron chi connectivity index (χ3n) is 1.22. The van der Waals surface area contributed by atoms with Gasteiger partial charge in [-0.05, 0) is 20.8 Å². The zero-order chi connectivity index (χ0) is 7.98. The first kappa shape index (κ1) is 9.56. The van der Waals surface area contributed by atoms with Crippen LogP contribution in [0.4, 0.5) is 0 Å². The number of ether oxygens (including phenoxy) is 2. The summed E-state index contributed by atoms with van der Waals surface area (Å²) in [5.41, 5.74) is 0. The fourth-order valence-electron chi connectivity index (χ4n) is 0.636. The molecule has 2 nitrogen and oxygen atoms in total. The van der Waals surface area contributed by atoms with E-state index in [0.29, 0.717) is 0 Å². The van der Waals surface area contributed by atoms with Crippen LogP contribution in [0.15, 0.2) is 11.1 Å². The van der Waals surface area contributed by atoms with Crippen LogP contribution in [0.1, 0.15) is 20.8 Å². The Morgan fingerprint density at radius 1 is 1.20 bits per heavy atom. The van der Waals surface area contributed by atoms with E-state index < -0.39 is 0 Å². The van der Waals surface area contributed by atoms with Crippen molar-refractivity contribution in [3.05, 3.63) is 11.1 Å². The van der Waals surface area contributed by atoms with Crippen molar-refractivity contribution in [2.75, 3.05) is 13.2 Å². The molecule has 0 aromatic heterocycles. The number of rotatable bonds is 4. The Bertz CT molecular complexity index is 107. The van der Waals surface area contributed by atoms with Crippen LogP contribution in [0.2, 0.25) is 0 Å². The van der Waals surface area contributed by atoms with Crippen LogP contribution in [0.5, 0.6) is 0 Å². The molecular weight excluding hydrogens is 144 g/mol. The molecule has 0 aliphatic carbocycles. The summed E-state index contributed by atoms with van der Waals surface area (Å²) in [4.78, 5) is 0. The van der Waals surface area contributed by atoms with Gasteiger partial charge < -0.3 is 9.47 Å². The first-order valence-corrected chi connectivity index (χ1v) is 4.65. The minimum atomic E-state index is 0.727. The van der Waals surface area contributed by atoms with Crippen molar-refractivity contribution < 1.29 is 9.47 Å². The van der Waals surface area contributed by atoms with Gasteiger partial charge in [-0.1, -0.05) is 0 Å². The van der Waals surface area contributed by atoms with Gasteiger partial charge >= 0.3 is 0 Å². The second kappa shape index (κ2) is 5.35. The smallest absolute Gasteiger partial charge is 0.124 e. The Kier molecular flexibility index (Phi) is 5.11. The van der Waals surface area contributed by atoms with Gasteiger partial charge in [0.15, 0.2) is 0 Å². The van der Waals surface area contributed by atoms with E-state index >= 15 is 0 Å². The van der Waals surface area contributed by atoms with Crippen molar-refractivity contribution in [1.82, 2.24) is 0 Å². The lowest BCUT2D eigenvalue weighted by Gasteiger charge is -2.08. The molecule has 0 fully saturated rings. The minimum absolute atomic E-state index is 0.727. The first-order valence-electron chi connectivity index (χ1n) is 3.65. The van der Waals surface area contributed by atoms with Crippen LogP contribution in [0.25, 0.3) is 0 Å². The predicted octanol–water partition coefficient (Wildman–Crippen LogP) is 0.614. The molecule has 0 aliphatic rings. The van der Waals surface area contributed by atoms with E-state index in [1.807, 2.05) is 20.8 Å². The molecule has 0 aliphatic heterocycles. The fraction of sp³-hybridized carbons (Fsp3) is 0.714. The second-order valence-corrected chi connectivity index (χ2v) is 2.89. The largest absolute Gasteiger partial charge is 0.501 e. The lowest BCUT2D eigenvalue weighted by Crippen LogP contribution is -1.98. The molecule has 0 N–H and O–H groups in total. The van der Waals surface area contributed by atoms with E-state index in [1.165, 1.54) is 0 Å². The van der Waals surface area contributed by atoms with Crippen LogP contribution in [-0.2, 0) is 9.47 Å². The standard InChI is InChI=1S/C7H16O2Si/c1-4-8-6(3)7(10)9-5-2/h4-5H2,1-3,10H3. The zero-order valence-electron chi connectivity index (χ0n) is 7.23. The molecule has 0 amide bonds.